The molecule has 0 aromatic rings. The number of ketones is 1. The molecule has 2 saturated carbocycles. The predicted molar refractivity (Wildman–Crippen MR) is 206 cm³/mol. The van der Waals surface area contributed by atoms with Crippen LogP contribution < -0.4 is 21.3 Å². The lowest BCUT2D eigenvalue weighted by molar-refractivity contribution is -0.148. The number of rotatable bonds is 10. The lowest BCUT2D eigenvalue weighted by Crippen LogP contribution is -2.71. The molecule has 8 atom stereocenters. The molecule has 4 N–H and O–H groups in total. The fourth-order valence-electron chi connectivity index (χ4n) is 9.67. The van der Waals surface area contributed by atoms with Crippen molar-refractivity contribution in [1.82, 2.24) is 26.2 Å². The molecule has 3 amide bonds. The number of ether oxygens (including phenoxy) is 1. The summed E-state index contributed by atoms with van der Waals surface area (Å²) in [5.41, 5.74) is -0.748. The van der Waals surface area contributed by atoms with Gasteiger partial charge in [0.2, 0.25) is 17.6 Å². The molecule has 12 nitrogen and oxygen atoms in total. The number of fused-ring (bicyclic) bond motifs is 3. The average Bonchev–Trinajstić information content (AvgIpc) is 3.41. The third kappa shape index (κ3) is 8.99. The Morgan fingerprint density at radius 2 is 1.57 bits per heavy atom. The summed E-state index contributed by atoms with van der Waals surface area (Å²) >= 11 is 0. The number of sulfone groups is 1. The molecule has 3 saturated heterocycles. The van der Waals surface area contributed by atoms with Gasteiger partial charge in [0.15, 0.2) is 9.84 Å². The Kier molecular flexibility index (Phi) is 13.5. The van der Waals surface area contributed by atoms with E-state index in [-0.39, 0.29) is 35.1 Å². The Morgan fingerprint density at radius 3 is 2.15 bits per heavy atom. The molecule has 0 spiro atoms. The molecule has 3 heterocycles. The van der Waals surface area contributed by atoms with Gasteiger partial charge in [-0.1, -0.05) is 85.0 Å². The zero-order valence-electron chi connectivity index (χ0n) is 33.6. The number of nitrogens with one attached hydrogen (secondary N) is 4. The van der Waals surface area contributed by atoms with Crippen molar-refractivity contribution in [3.63, 3.8) is 0 Å². The standard InChI is InChI=1S/C40H69N5O7S/c1-8-23-41-35(48)33(46)28-19-15-12-10-9-11-13-16-20-29(37(49)45-24-27-31(39(27,6)7)32(45)34(47)43-28)42-30-25-52-36(30)44-40(21-17-14-18-22-40)26(2)53(50,51)38(3,4)5/h26-32,36,42,44H,8-25H2,1-7H3,(H,41,48)(H,43,47)/t26-,27+,28+,29+,30?,31+,32+,36?/m1/s1. The normalized spacial score (nSPS) is 33.1. The van der Waals surface area contributed by atoms with Crippen molar-refractivity contribution in [3.8, 4) is 0 Å². The van der Waals surface area contributed by atoms with Crippen LogP contribution >= 0.6 is 0 Å². The van der Waals surface area contributed by atoms with Crippen LogP contribution in [0.5, 0.6) is 0 Å². The summed E-state index contributed by atoms with van der Waals surface area (Å²) in [6.45, 7) is 14.6. The summed E-state index contributed by atoms with van der Waals surface area (Å²) in [5, 5.41) is 12.4. The van der Waals surface area contributed by atoms with Gasteiger partial charge < -0.3 is 20.3 Å². The first-order valence-electron chi connectivity index (χ1n) is 20.8. The molecule has 3 aliphatic heterocycles. The van der Waals surface area contributed by atoms with Gasteiger partial charge >= 0.3 is 0 Å². The number of hydrogen-bond acceptors (Lipinski definition) is 9. The highest BCUT2D eigenvalue weighted by molar-refractivity contribution is 7.93. The van der Waals surface area contributed by atoms with Crippen molar-refractivity contribution >= 4 is 33.3 Å². The number of carbonyl (C=O) groups is 4. The lowest BCUT2D eigenvalue weighted by Gasteiger charge is -2.50. The predicted octanol–water partition coefficient (Wildman–Crippen LogP) is 4.15. The van der Waals surface area contributed by atoms with Gasteiger partial charge in [-0.25, -0.2) is 8.42 Å². The second-order valence-electron chi connectivity index (χ2n) is 18.4. The number of hydrogen-bond donors (Lipinski definition) is 4. The molecule has 302 valence electrons. The highest BCUT2D eigenvalue weighted by atomic mass is 32.2. The SMILES string of the molecule is CCCNC(=O)C(=O)[C@@H]1CCCCCCCCC[C@H](NC2COC2NC2([C@@H](C)S(=O)(=O)C(C)(C)C)CCCCC2)C(=O)N2C[C@H]3[C@@H]([C@H]2C(=O)N1)C3(C)C. The molecule has 2 unspecified atom stereocenters. The van der Waals surface area contributed by atoms with Crippen molar-refractivity contribution in [1.29, 1.82) is 0 Å². The molecule has 13 heteroatoms. The van der Waals surface area contributed by atoms with Crippen molar-refractivity contribution in [3.05, 3.63) is 0 Å². The van der Waals surface area contributed by atoms with Crippen molar-refractivity contribution < 1.29 is 32.3 Å². The van der Waals surface area contributed by atoms with Crippen LogP contribution in [0.4, 0.5) is 0 Å². The van der Waals surface area contributed by atoms with E-state index in [0.29, 0.717) is 39.0 Å². The third-order valence-corrected chi connectivity index (χ3v) is 16.5. The van der Waals surface area contributed by atoms with Crippen molar-refractivity contribution in [2.75, 3.05) is 19.7 Å². The van der Waals surface area contributed by atoms with Gasteiger partial charge in [0.05, 0.1) is 34.7 Å². The van der Waals surface area contributed by atoms with Gasteiger partial charge in [-0.05, 0) is 77.0 Å². The number of amides is 3. The average molecular weight is 764 g/mol. The highest BCUT2D eigenvalue weighted by Crippen LogP contribution is 2.65. The highest BCUT2D eigenvalue weighted by Gasteiger charge is 2.69. The van der Waals surface area contributed by atoms with E-state index in [9.17, 15) is 27.6 Å². The summed E-state index contributed by atoms with van der Waals surface area (Å²) in [5.74, 6) is -1.64. The molecule has 0 bridgehead atoms. The van der Waals surface area contributed by atoms with Gasteiger partial charge in [-0.3, -0.25) is 29.8 Å². The summed E-state index contributed by atoms with van der Waals surface area (Å²) < 4.78 is 32.8. The molecule has 5 fully saturated rings. The Hall–Kier alpha value is -2.09. The quantitative estimate of drug-likeness (QED) is 0.240. The number of Topliss-reactive ketones (excluding diaryl/α,β-unsaturated/α-hetero) is 1. The molecule has 53 heavy (non-hydrogen) atoms. The molecule has 0 aromatic heterocycles. The fraction of sp³-hybridized carbons (Fsp3) is 0.900. The smallest absolute Gasteiger partial charge is 0.289 e. The van der Waals surface area contributed by atoms with Crippen molar-refractivity contribution in [2.24, 2.45) is 17.3 Å². The largest absolute Gasteiger partial charge is 0.360 e. The Bertz CT molecular complexity index is 1440. The Labute approximate surface area is 318 Å². The van der Waals surface area contributed by atoms with Crippen LogP contribution in [0.25, 0.3) is 0 Å². The summed E-state index contributed by atoms with van der Waals surface area (Å²) in [4.78, 5) is 56.8. The molecule has 0 aromatic carbocycles. The zero-order valence-corrected chi connectivity index (χ0v) is 34.4. The first kappa shape index (κ1) is 42.1. The lowest BCUT2D eigenvalue weighted by atomic mass is 9.79. The van der Waals surface area contributed by atoms with E-state index in [0.717, 1.165) is 77.0 Å². The number of nitrogens with zero attached hydrogens (tertiary/aromatic N) is 1. The van der Waals surface area contributed by atoms with Crippen LogP contribution in [0.2, 0.25) is 0 Å². The van der Waals surface area contributed by atoms with E-state index in [4.69, 9.17) is 4.74 Å². The maximum absolute atomic E-state index is 14.7. The third-order valence-electron chi connectivity index (χ3n) is 13.4. The molecular formula is C40H69N5O7S. The topological polar surface area (TPSA) is 163 Å². The Balaban J connectivity index is 1.36. The van der Waals surface area contributed by atoms with E-state index < -0.39 is 61.4 Å². The van der Waals surface area contributed by atoms with Gasteiger partial charge in [-0.15, -0.1) is 0 Å². The van der Waals surface area contributed by atoms with Crippen LogP contribution in [-0.4, -0.2) is 102 Å². The Morgan fingerprint density at radius 1 is 0.962 bits per heavy atom. The van der Waals surface area contributed by atoms with E-state index >= 15 is 0 Å². The molecule has 2 aliphatic carbocycles. The van der Waals surface area contributed by atoms with Crippen LogP contribution in [0.15, 0.2) is 0 Å². The van der Waals surface area contributed by atoms with E-state index in [1.165, 1.54) is 0 Å². The molecule has 5 aliphatic rings. The minimum atomic E-state index is -3.48. The van der Waals surface area contributed by atoms with Crippen LogP contribution in [0.3, 0.4) is 0 Å². The van der Waals surface area contributed by atoms with E-state index in [1.807, 2.05) is 13.8 Å². The minimum absolute atomic E-state index is 0.0329. The second-order valence-corrected chi connectivity index (χ2v) is 21.4. The second kappa shape index (κ2) is 17.0. The maximum atomic E-state index is 14.7. The van der Waals surface area contributed by atoms with Crippen molar-refractivity contribution in [2.45, 2.75) is 191 Å². The zero-order chi connectivity index (χ0) is 38.8. The summed E-state index contributed by atoms with van der Waals surface area (Å²) in [6, 6.07) is -2.42. The molecular weight excluding hydrogens is 695 g/mol. The van der Waals surface area contributed by atoms with Gasteiger partial charge in [0.1, 0.15) is 12.3 Å². The minimum Gasteiger partial charge on any atom is -0.360 e. The van der Waals surface area contributed by atoms with Crippen LogP contribution in [0.1, 0.15) is 145 Å². The first-order chi connectivity index (χ1) is 25.0. The molecule has 5 rings (SSSR count). The maximum Gasteiger partial charge on any atom is 0.289 e. The van der Waals surface area contributed by atoms with E-state index in [1.54, 1.807) is 25.7 Å². The summed E-state index contributed by atoms with van der Waals surface area (Å²) in [7, 11) is -3.48. The van der Waals surface area contributed by atoms with Gasteiger partial charge in [0.25, 0.3) is 5.91 Å². The van der Waals surface area contributed by atoms with Crippen LogP contribution in [-0.2, 0) is 33.8 Å². The fourth-order valence-corrected chi connectivity index (χ4v) is 11.6. The first-order valence-corrected chi connectivity index (χ1v) is 22.3. The van der Waals surface area contributed by atoms with E-state index in [2.05, 4.69) is 35.1 Å². The molecule has 0 radical (unpaired) electrons. The summed E-state index contributed by atoms with van der Waals surface area (Å²) in [6.07, 6.45) is 12.3. The van der Waals surface area contributed by atoms with Gasteiger partial charge in [-0.2, -0.15) is 0 Å². The van der Waals surface area contributed by atoms with Gasteiger partial charge in [0, 0.05) is 18.6 Å². The number of carbonyl (C=O) groups excluding carboxylic acids is 4. The number of piperidine rings is 1. The van der Waals surface area contributed by atoms with Crippen LogP contribution in [0, 0.1) is 17.3 Å². The monoisotopic (exact) mass is 763 g/mol.